The number of rotatable bonds is 3. The summed E-state index contributed by atoms with van der Waals surface area (Å²) in [5, 5.41) is 3.47. The summed E-state index contributed by atoms with van der Waals surface area (Å²) in [5.41, 5.74) is 2.84. The molecular formula is C15H25N3. The van der Waals surface area contributed by atoms with Crippen LogP contribution in [0.3, 0.4) is 0 Å². The molecule has 1 aliphatic heterocycles. The van der Waals surface area contributed by atoms with Gasteiger partial charge < -0.3 is 10.2 Å². The summed E-state index contributed by atoms with van der Waals surface area (Å²) >= 11 is 0. The van der Waals surface area contributed by atoms with Gasteiger partial charge in [-0.25, -0.2) is 4.98 Å². The molecule has 3 nitrogen and oxygen atoms in total. The highest BCUT2D eigenvalue weighted by molar-refractivity contribution is 5.45. The van der Waals surface area contributed by atoms with Crippen molar-refractivity contribution in [1.82, 2.24) is 10.3 Å². The van der Waals surface area contributed by atoms with Gasteiger partial charge in [-0.15, -0.1) is 0 Å². The summed E-state index contributed by atoms with van der Waals surface area (Å²) in [6, 6.07) is 2.84. The first-order valence-corrected chi connectivity index (χ1v) is 7.09. The van der Waals surface area contributed by atoms with E-state index in [-0.39, 0.29) is 0 Å². The van der Waals surface area contributed by atoms with E-state index in [0.717, 1.165) is 31.9 Å². The van der Waals surface area contributed by atoms with E-state index in [1.165, 1.54) is 11.1 Å². The molecule has 0 saturated carbocycles. The third-order valence-electron chi connectivity index (χ3n) is 3.71. The zero-order valence-electron chi connectivity index (χ0n) is 12.0. The molecule has 0 spiro atoms. The van der Waals surface area contributed by atoms with Gasteiger partial charge in [-0.3, -0.25) is 0 Å². The van der Waals surface area contributed by atoms with Crippen LogP contribution in [0, 0.1) is 0 Å². The molecule has 1 fully saturated rings. The van der Waals surface area contributed by atoms with Gasteiger partial charge in [0.2, 0.25) is 0 Å². The summed E-state index contributed by atoms with van der Waals surface area (Å²) < 4.78 is 0. The number of pyridine rings is 1. The fourth-order valence-electron chi connectivity index (χ4n) is 2.63. The van der Waals surface area contributed by atoms with Crippen LogP contribution in [0.1, 0.15) is 44.7 Å². The Morgan fingerprint density at radius 2 is 2.28 bits per heavy atom. The molecule has 0 aliphatic carbocycles. The SMILES string of the molecule is CCc1cc(N2CCN[C@H](C)C2)ncc1C(C)C. The minimum Gasteiger partial charge on any atom is -0.354 e. The van der Waals surface area contributed by atoms with Gasteiger partial charge in [0.25, 0.3) is 0 Å². The zero-order valence-corrected chi connectivity index (χ0v) is 12.0. The van der Waals surface area contributed by atoms with Crippen molar-refractivity contribution in [2.75, 3.05) is 24.5 Å². The van der Waals surface area contributed by atoms with Crippen LogP contribution in [0.5, 0.6) is 0 Å². The first-order valence-electron chi connectivity index (χ1n) is 7.09. The molecule has 0 bridgehead atoms. The van der Waals surface area contributed by atoms with Gasteiger partial charge in [-0.2, -0.15) is 0 Å². The quantitative estimate of drug-likeness (QED) is 0.890. The molecule has 0 aromatic carbocycles. The topological polar surface area (TPSA) is 28.2 Å². The lowest BCUT2D eigenvalue weighted by Crippen LogP contribution is -2.49. The summed E-state index contributed by atoms with van der Waals surface area (Å²) in [7, 11) is 0. The molecule has 1 aromatic rings. The van der Waals surface area contributed by atoms with Crippen molar-refractivity contribution in [3.63, 3.8) is 0 Å². The van der Waals surface area contributed by atoms with E-state index in [1.54, 1.807) is 0 Å². The third-order valence-corrected chi connectivity index (χ3v) is 3.71. The average Bonchev–Trinajstić information content (AvgIpc) is 2.37. The Morgan fingerprint density at radius 3 is 2.89 bits per heavy atom. The van der Waals surface area contributed by atoms with Gasteiger partial charge in [0.05, 0.1) is 0 Å². The van der Waals surface area contributed by atoms with Gasteiger partial charge in [0.15, 0.2) is 0 Å². The highest BCUT2D eigenvalue weighted by atomic mass is 15.2. The summed E-state index contributed by atoms with van der Waals surface area (Å²) in [6.07, 6.45) is 3.16. The van der Waals surface area contributed by atoms with Crippen LogP contribution in [0.25, 0.3) is 0 Å². The molecule has 0 radical (unpaired) electrons. The van der Waals surface area contributed by atoms with Gasteiger partial charge in [0.1, 0.15) is 5.82 Å². The van der Waals surface area contributed by atoms with Crippen molar-refractivity contribution < 1.29 is 0 Å². The van der Waals surface area contributed by atoms with Crippen molar-refractivity contribution >= 4 is 5.82 Å². The Kier molecular flexibility index (Phi) is 4.23. The fraction of sp³-hybridized carbons (Fsp3) is 0.667. The number of nitrogens with one attached hydrogen (secondary N) is 1. The van der Waals surface area contributed by atoms with Gasteiger partial charge in [0, 0.05) is 31.9 Å². The Morgan fingerprint density at radius 1 is 1.50 bits per heavy atom. The lowest BCUT2D eigenvalue weighted by molar-refractivity contribution is 0.482. The normalized spacial score (nSPS) is 20.5. The van der Waals surface area contributed by atoms with E-state index in [4.69, 9.17) is 0 Å². The first-order chi connectivity index (χ1) is 8.61. The molecular weight excluding hydrogens is 222 g/mol. The van der Waals surface area contributed by atoms with E-state index in [1.807, 2.05) is 0 Å². The van der Waals surface area contributed by atoms with E-state index in [0.29, 0.717) is 12.0 Å². The molecule has 1 aliphatic rings. The van der Waals surface area contributed by atoms with Crippen LogP contribution in [0.15, 0.2) is 12.3 Å². The number of anilines is 1. The molecule has 2 rings (SSSR count). The highest BCUT2D eigenvalue weighted by Gasteiger charge is 2.18. The lowest BCUT2D eigenvalue weighted by atomic mass is 9.98. The van der Waals surface area contributed by atoms with Crippen LogP contribution in [-0.4, -0.2) is 30.7 Å². The van der Waals surface area contributed by atoms with Crippen molar-refractivity contribution in [3.8, 4) is 0 Å². The maximum atomic E-state index is 4.66. The molecule has 3 heteroatoms. The fourth-order valence-corrected chi connectivity index (χ4v) is 2.63. The Labute approximate surface area is 111 Å². The van der Waals surface area contributed by atoms with Gasteiger partial charge in [-0.1, -0.05) is 20.8 Å². The average molecular weight is 247 g/mol. The number of piperazine rings is 1. The predicted octanol–water partition coefficient (Wildman–Crippen LogP) is 2.57. The smallest absolute Gasteiger partial charge is 0.128 e. The molecule has 1 N–H and O–H groups in total. The zero-order chi connectivity index (χ0) is 13.1. The predicted molar refractivity (Wildman–Crippen MR) is 77.4 cm³/mol. The van der Waals surface area contributed by atoms with Gasteiger partial charge in [-0.05, 0) is 36.5 Å². The van der Waals surface area contributed by atoms with Crippen LogP contribution in [-0.2, 0) is 6.42 Å². The Hall–Kier alpha value is -1.09. The van der Waals surface area contributed by atoms with Crippen molar-refractivity contribution in [1.29, 1.82) is 0 Å². The molecule has 1 saturated heterocycles. The molecule has 100 valence electrons. The maximum Gasteiger partial charge on any atom is 0.128 e. The molecule has 2 heterocycles. The van der Waals surface area contributed by atoms with Crippen LogP contribution < -0.4 is 10.2 Å². The summed E-state index contributed by atoms with van der Waals surface area (Å²) in [4.78, 5) is 7.06. The molecule has 0 unspecified atom stereocenters. The second kappa shape index (κ2) is 5.70. The molecule has 18 heavy (non-hydrogen) atoms. The molecule has 0 amide bonds. The van der Waals surface area contributed by atoms with E-state index in [9.17, 15) is 0 Å². The van der Waals surface area contributed by atoms with Crippen molar-refractivity contribution in [2.24, 2.45) is 0 Å². The largest absolute Gasteiger partial charge is 0.354 e. The second-order valence-corrected chi connectivity index (χ2v) is 5.55. The van der Waals surface area contributed by atoms with Crippen molar-refractivity contribution in [2.45, 2.75) is 46.1 Å². The van der Waals surface area contributed by atoms with Gasteiger partial charge >= 0.3 is 0 Å². The number of aromatic nitrogens is 1. The van der Waals surface area contributed by atoms with Crippen LogP contribution in [0.4, 0.5) is 5.82 Å². The van der Waals surface area contributed by atoms with E-state index >= 15 is 0 Å². The van der Waals surface area contributed by atoms with Crippen LogP contribution in [0.2, 0.25) is 0 Å². The standard InChI is InChI=1S/C15H25N3/c1-5-13-8-15(17-9-14(13)11(2)3)18-7-6-16-12(4)10-18/h8-9,11-12,16H,5-7,10H2,1-4H3/t12-/m1/s1. The molecule has 1 aromatic heterocycles. The maximum absolute atomic E-state index is 4.66. The minimum absolute atomic E-state index is 0.551. The number of hydrogen-bond acceptors (Lipinski definition) is 3. The number of aryl methyl sites for hydroxylation is 1. The second-order valence-electron chi connectivity index (χ2n) is 5.55. The lowest BCUT2D eigenvalue weighted by Gasteiger charge is -2.33. The third kappa shape index (κ3) is 2.83. The summed E-state index contributed by atoms with van der Waals surface area (Å²) in [5.74, 6) is 1.70. The Balaban J connectivity index is 2.23. The summed E-state index contributed by atoms with van der Waals surface area (Å²) in [6.45, 7) is 12.1. The number of hydrogen-bond donors (Lipinski definition) is 1. The number of nitrogens with zero attached hydrogens (tertiary/aromatic N) is 2. The monoisotopic (exact) mass is 247 g/mol. The molecule has 1 atom stereocenters. The van der Waals surface area contributed by atoms with Crippen LogP contribution >= 0.6 is 0 Å². The Bertz CT molecular complexity index is 401. The van der Waals surface area contributed by atoms with E-state index < -0.39 is 0 Å². The van der Waals surface area contributed by atoms with Crippen molar-refractivity contribution in [3.05, 3.63) is 23.4 Å². The minimum atomic E-state index is 0.551. The van der Waals surface area contributed by atoms with E-state index in [2.05, 4.69) is 55.2 Å². The first kappa shape index (κ1) is 13.3. The highest BCUT2D eigenvalue weighted by Crippen LogP contribution is 2.23.